The highest BCUT2D eigenvalue weighted by molar-refractivity contribution is 7.09. The first-order valence-corrected chi connectivity index (χ1v) is 12.9. The second-order valence-corrected chi connectivity index (χ2v) is 10.4. The zero-order valence-corrected chi connectivity index (χ0v) is 19.9. The quantitative estimate of drug-likeness (QED) is 0.499. The molecule has 2 aromatic heterocycles. The van der Waals surface area contributed by atoms with E-state index in [0.29, 0.717) is 0 Å². The summed E-state index contributed by atoms with van der Waals surface area (Å²) >= 11 is 3.62. The topological polar surface area (TPSA) is 47.0 Å². The van der Waals surface area contributed by atoms with E-state index in [-0.39, 0.29) is 6.10 Å². The first kappa shape index (κ1) is 22.8. The fraction of sp³-hybridized carbons (Fsp3) is 0.727. The largest absolute Gasteiger partial charge is 0.365 e. The molecule has 0 aliphatic carbocycles. The molecule has 0 unspecified atom stereocenters. The molecular weight excluding hydrogens is 400 g/mol. The summed E-state index contributed by atoms with van der Waals surface area (Å²) in [5.41, 5.74) is 2.41. The summed E-state index contributed by atoms with van der Waals surface area (Å²) < 4.78 is 7.07. The Morgan fingerprint density at radius 1 is 1.07 bits per heavy atom. The van der Waals surface area contributed by atoms with Crippen molar-refractivity contribution in [2.24, 2.45) is 0 Å². The van der Waals surface area contributed by atoms with Gasteiger partial charge in [-0.25, -0.2) is 9.97 Å². The van der Waals surface area contributed by atoms with Gasteiger partial charge in [-0.2, -0.15) is 0 Å². The van der Waals surface area contributed by atoms with Crippen LogP contribution in [0, 0.1) is 0 Å². The van der Waals surface area contributed by atoms with E-state index in [1.165, 1.54) is 41.4 Å². The molecule has 2 aromatic rings. The zero-order valence-electron chi connectivity index (χ0n) is 18.3. The van der Waals surface area contributed by atoms with Crippen LogP contribution in [0.4, 0.5) is 0 Å². The molecule has 0 spiro atoms. The number of aryl methyl sites for hydroxylation is 2. The molecule has 29 heavy (non-hydrogen) atoms. The van der Waals surface area contributed by atoms with E-state index < -0.39 is 0 Å². The number of nitrogens with zero attached hydrogens (tertiary/aromatic N) is 3. The first-order chi connectivity index (χ1) is 14.1. The van der Waals surface area contributed by atoms with Gasteiger partial charge in [0.15, 0.2) is 0 Å². The van der Waals surface area contributed by atoms with Crippen LogP contribution in [-0.2, 0) is 30.7 Å². The van der Waals surface area contributed by atoms with E-state index in [9.17, 15) is 0 Å². The Morgan fingerprint density at radius 3 is 2.41 bits per heavy atom. The molecule has 1 fully saturated rings. The lowest BCUT2D eigenvalue weighted by molar-refractivity contribution is -0.933. The number of quaternary nitrogens is 1. The van der Waals surface area contributed by atoms with Crippen molar-refractivity contribution in [3.05, 3.63) is 32.2 Å². The minimum absolute atomic E-state index is 0.255. The van der Waals surface area contributed by atoms with Gasteiger partial charge in [-0.3, -0.25) is 0 Å². The summed E-state index contributed by atoms with van der Waals surface area (Å²) in [5, 5.41) is 10.6. The van der Waals surface area contributed by atoms with E-state index in [1.807, 2.05) is 11.3 Å². The van der Waals surface area contributed by atoms with E-state index >= 15 is 0 Å². The second kappa shape index (κ2) is 11.5. The second-order valence-electron chi connectivity index (χ2n) is 8.48. The Labute approximate surface area is 184 Å². The average Bonchev–Trinajstić information content (AvgIpc) is 3.34. The molecule has 0 amide bonds. The maximum absolute atomic E-state index is 6.05. The van der Waals surface area contributed by atoms with E-state index in [0.717, 1.165) is 62.3 Å². The number of hydrogen-bond donors (Lipinski definition) is 1. The Kier molecular flexibility index (Phi) is 9.06. The van der Waals surface area contributed by atoms with Crippen LogP contribution in [0.3, 0.4) is 0 Å². The zero-order chi connectivity index (χ0) is 20.5. The maximum atomic E-state index is 6.05. The van der Waals surface area contributed by atoms with Crippen LogP contribution in [0.5, 0.6) is 0 Å². The van der Waals surface area contributed by atoms with Crippen molar-refractivity contribution in [3.8, 4) is 0 Å². The lowest BCUT2D eigenvalue weighted by atomic mass is 10.2. The van der Waals surface area contributed by atoms with Gasteiger partial charge in [0.1, 0.15) is 31.4 Å². The van der Waals surface area contributed by atoms with Crippen LogP contribution >= 0.6 is 22.7 Å². The number of unbranched alkanes of at least 4 members (excludes halogenated alkanes) is 2. The molecule has 1 N–H and O–H groups in total. The van der Waals surface area contributed by atoms with Crippen molar-refractivity contribution in [2.45, 2.75) is 71.6 Å². The highest BCUT2D eigenvalue weighted by atomic mass is 32.1. The minimum atomic E-state index is 0.255. The van der Waals surface area contributed by atoms with Gasteiger partial charge < -0.3 is 14.5 Å². The van der Waals surface area contributed by atoms with Crippen LogP contribution in [-0.4, -0.2) is 53.8 Å². The Bertz CT molecular complexity index is 732. The summed E-state index contributed by atoms with van der Waals surface area (Å²) in [6.45, 7) is 10.1. The minimum Gasteiger partial charge on any atom is -0.365 e. The van der Waals surface area contributed by atoms with Crippen LogP contribution in [0.15, 0.2) is 10.8 Å². The normalized spacial score (nSPS) is 22.2. The predicted molar refractivity (Wildman–Crippen MR) is 123 cm³/mol. The third-order valence-electron chi connectivity index (χ3n) is 5.54. The smallest absolute Gasteiger partial charge is 0.122 e. The van der Waals surface area contributed by atoms with Gasteiger partial charge in [0.25, 0.3) is 0 Å². The molecule has 1 saturated heterocycles. The van der Waals surface area contributed by atoms with E-state index in [2.05, 4.69) is 37.0 Å². The molecule has 3 heterocycles. The van der Waals surface area contributed by atoms with Gasteiger partial charge >= 0.3 is 0 Å². The van der Waals surface area contributed by atoms with Crippen LogP contribution < -0.4 is 5.32 Å². The Balaban J connectivity index is 1.43. The molecule has 162 valence electrons. The lowest BCUT2D eigenvalue weighted by Crippen LogP contribution is -2.56. The third kappa shape index (κ3) is 7.40. The molecule has 0 saturated carbocycles. The van der Waals surface area contributed by atoms with Crippen molar-refractivity contribution < 1.29 is 9.22 Å². The summed E-state index contributed by atoms with van der Waals surface area (Å²) in [5.74, 6) is 0. The molecule has 0 radical (unpaired) electrons. The number of likely N-dealkylation sites (N-methyl/N-ethyl adjacent to an activating group) is 1. The molecule has 1 aliphatic heterocycles. The summed E-state index contributed by atoms with van der Waals surface area (Å²) in [6, 6.07) is 0. The van der Waals surface area contributed by atoms with Crippen molar-refractivity contribution in [1.82, 2.24) is 15.3 Å². The van der Waals surface area contributed by atoms with Gasteiger partial charge in [0, 0.05) is 23.8 Å². The molecule has 2 atom stereocenters. The number of thiazole rings is 2. The number of aromatic nitrogens is 2. The fourth-order valence-electron chi connectivity index (χ4n) is 3.83. The molecule has 1 aliphatic rings. The molecule has 0 bridgehead atoms. The Morgan fingerprint density at radius 2 is 1.72 bits per heavy atom. The number of nitrogens with one attached hydrogen (secondary N) is 1. The van der Waals surface area contributed by atoms with Crippen molar-refractivity contribution in [1.29, 1.82) is 0 Å². The predicted octanol–water partition coefficient (Wildman–Crippen LogP) is 4.42. The number of hydrogen-bond acceptors (Lipinski definition) is 6. The van der Waals surface area contributed by atoms with Crippen molar-refractivity contribution >= 4 is 22.7 Å². The van der Waals surface area contributed by atoms with Crippen LogP contribution in [0.2, 0.25) is 0 Å². The molecule has 3 rings (SSSR count). The average molecular weight is 438 g/mol. The van der Waals surface area contributed by atoms with Gasteiger partial charge in [-0.05, 0) is 25.7 Å². The summed E-state index contributed by atoms with van der Waals surface area (Å²) in [4.78, 5) is 9.62. The standard InChI is InChI=1S/C22H37N4OS2/c1-4-6-8-21-24-18(16-28-21)12-23-13-20-15-26(3,10-11-27-20)14-19-17-29-22(25-19)9-7-5-2/h16-17,20,23H,4-15H2,1-3H3/q+1/t20-,26+/m0/s1. The van der Waals surface area contributed by atoms with Crippen molar-refractivity contribution in [2.75, 3.05) is 33.3 Å². The van der Waals surface area contributed by atoms with Gasteiger partial charge in [0.2, 0.25) is 0 Å². The fourth-order valence-corrected chi connectivity index (χ4v) is 5.50. The number of morpholine rings is 1. The SMILES string of the molecule is CCCCc1nc(CNC[C@H]2C[N@@+](C)(Cc3csc(CCCC)n3)CCO2)cs1. The van der Waals surface area contributed by atoms with Crippen LogP contribution in [0.25, 0.3) is 0 Å². The molecular formula is C22H37N4OS2+. The van der Waals surface area contributed by atoms with Gasteiger partial charge in [-0.1, -0.05) is 26.7 Å². The van der Waals surface area contributed by atoms with E-state index in [4.69, 9.17) is 14.7 Å². The van der Waals surface area contributed by atoms with Gasteiger partial charge in [0.05, 0.1) is 29.4 Å². The maximum Gasteiger partial charge on any atom is 0.122 e. The summed E-state index contributed by atoms with van der Waals surface area (Å²) in [6.07, 6.45) is 7.41. The van der Waals surface area contributed by atoms with Gasteiger partial charge in [-0.15, -0.1) is 22.7 Å². The van der Waals surface area contributed by atoms with E-state index in [1.54, 1.807) is 11.3 Å². The highest BCUT2D eigenvalue weighted by Gasteiger charge is 2.32. The monoisotopic (exact) mass is 437 g/mol. The highest BCUT2D eigenvalue weighted by Crippen LogP contribution is 2.20. The molecule has 5 nitrogen and oxygen atoms in total. The Hall–Kier alpha value is -0.860. The lowest BCUT2D eigenvalue weighted by Gasteiger charge is -2.40. The molecule has 7 heteroatoms. The number of ether oxygens (including phenoxy) is 1. The summed E-state index contributed by atoms with van der Waals surface area (Å²) in [7, 11) is 2.35. The first-order valence-electron chi connectivity index (χ1n) is 11.1. The van der Waals surface area contributed by atoms with Crippen LogP contribution in [0.1, 0.15) is 60.9 Å². The molecule has 0 aromatic carbocycles. The third-order valence-corrected chi connectivity index (χ3v) is 7.45. The number of rotatable bonds is 12. The van der Waals surface area contributed by atoms with Crippen molar-refractivity contribution in [3.63, 3.8) is 0 Å².